The molecule has 3 aromatic rings. The van der Waals surface area contributed by atoms with Gasteiger partial charge >= 0.3 is 5.63 Å². The zero-order chi connectivity index (χ0) is 20.6. The smallest absolute Gasteiger partial charge is 0.336 e. The molecule has 8 heteroatoms. The van der Waals surface area contributed by atoms with Crippen LogP contribution in [0.4, 0.5) is 0 Å². The Bertz CT molecular complexity index is 1280. The maximum Gasteiger partial charge on any atom is 0.336 e. The molecule has 1 aliphatic heterocycles. The van der Waals surface area contributed by atoms with Gasteiger partial charge in [-0.1, -0.05) is 19.1 Å². The van der Waals surface area contributed by atoms with Gasteiger partial charge in [-0.25, -0.2) is 13.2 Å². The predicted octanol–water partition coefficient (Wildman–Crippen LogP) is 2.35. The maximum atomic E-state index is 12.8. The summed E-state index contributed by atoms with van der Waals surface area (Å²) >= 11 is 0. The summed E-state index contributed by atoms with van der Waals surface area (Å²) in [6.07, 6.45) is 3.84. The van der Waals surface area contributed by atoms with E-state index in [1.165, 1.54) is 33.3 Å². The van der Waals surface area contributed by atoms with E-state index in [0.29, 0.717) is 24.2 Å². The van der Waals surface area contributed by atoms with Gasteiger partial charge in [-0.15, -0.1) is 0 Å². The van der Waals surface area contributed by atoms with Crippen molar-refractivity contribution in [3.8, 4) is 0 Å². The van der Waals surface area contributed by atoms with Gasteiger partial charge in [0, 0.05) is 36.8 Å². The molecule has 4 rings (SSSR count). The van der Waals surface area contributed by atoms with Gasteiger partial charge in [-0.2, -0.15) is 4.31 Å². The van der Waals surface area contributed by atoms with Gasteiger partial charge in [-0.05, 0) is 42.5 Å². The summed E-state index contributed by atoms with van der Waals surface area (Å²) in [5.41, 5.74) is 1.26. The molecule has 0 radical (unpaired) electrons. The summed E-state index contributed by atoms with van der Waals surface area (Å²) in [7, 11) is -3.64. The fourth-order valence-electron chi connectivity index (χ4n) is 3.67. The highest BCUT2D eigenvalue weighted by molar-refractivity contribution is 7.89. The Morgan fingerprint density at radius 1 is 1.03 bits per heavy atom. The summed E-state index contributed by atoms with van der Waals surface area (Å²) < 4.78 is 33.7. The zero-order valence-corrected chi connectivity index (χ0v) is 16.9. The van der Waals surface area contributed by atoms with Gasteiger partial charge in [0.2, 0.25) is 10.0 Å². The minimum Gasteiger partial charge on any atom is -0.423 e. The Morgan fingerprint density at radius 3 is 2.52 bits per heavy atom. The number of nitrogens with zero attached hydrogens (tertiary/aromatic N) is 2. The van der Waals surface area contributed by atoms with Crippen molar-refractivity contribution < 1.29 is 12.8 Å². The van der Waals surface area contributed by atoms with E-state index in [9.17, 15) is 18.0 Å². The van der Waals surface area contributed by atoms with Crippen LogP contribution in [0, 0.1) is 0 Å². The predicted molar refractivity (Wildman–Crippen MR) is 110 cm³/mol. The largest absolute Gasteiger partial charge is 0.423 e. The second kappa shape index (κ2) is 7.61. The molecule has 0 atom stereocenters. The van der Waals surface area contributed by atoms with Crippen LogP contribution in [0.25, 0.3) is 11.0 Å². The highest BCUT2D eigenvalue weighted by atomic mass is 32.2. The highest BCUT2D eigenvalue weighted by Crippen LogP contribution is 2.22. The van der Waals surface area contributed by atoms with Gasteiger partial charge in [0.1, 0.15) is 5.58 Å². The average molecular weight is 414 g/mol. The fraction of sp³-hybridized carbons (Fsp3) is 0.333. The third-order valence-corrected chi connectivity index (χ3v) is 7.18. The lowest BCUT2D eigenvalue weighted by molar-refractivity contribution is 0.476. The Balaban J connectivity index is 1.77. The van der Waals surface area contributed by atoms with Crippen LogP contribution in [0.2, 0.25) is 0 Å². The average Bonchev–Trinajstić information content (AvgIpc) is 3.24. The molecule has 0 saturated carbocycles. The van der Waals surface area contributed by atoms with Crippen molar-refractivity contribution in [3.63, 3.8) is 0 Å². The molecule has 152 valence electrons. The van der Waals surface area contributed by atoms with Gasteiger partial charge < -0.3 is 8.98 Å². The number of hydrogen-bond acceptors (Lipinski definition) is 5. The normalized spacial score (nSPS) is 15.2. The molecular weight excluding hydrogens is 392 g/mol. The molecule has 0 aliphatic carbocycles. The number of fused-ring (bicyclic) bond motifs is 1. The molecule has 0 spiro atoms. The van der Waals surface area contributed by atoms with Crippen LogP contribution in [0.5, 0.6) is 0 Å². The van der Waals surface area contributed by atoms with Crippen LogP contribution in [0.1, 0.15) is 30.9 Å². The first-order valence-corrected chi connectivity index (χ1v) is 11.1. The number of sulfonamides is 1. The molecule has 7 nitrogen and oxygen atoms in total. The molecular formula is C21H22N2O5S. The quantitative estimate of drug-likeness (QED) is 0.598. The van der Waals surface area contributed by atoms with Crippen molar-refractivity contribution in [1.82, 2.24) is 8.87 Å². The van der Waals surface area contributed by atoms with Gasteiger partial charge in [0.25, 0.3) is 5.56 Å². The molecule has 0 bridgehead atoms. The van der Waals surface area contributed by atoms with Crippen molar-refractivity contribution in [1.29, 1.82) is 0 Å². The number of aryl methyl sites for hydroxylation is 1. The molecule has 0 amide bonds. The molecule has 29 heavy (non-hydrogen) atoms. The van der Waals surface area contributed by atoms with E-state index in [-0.39, 0.29) is 17.0 Å². The summed E-state index contributed by atoms with van der Waals surface area (Å²) in [4.78, 5) is 24.5. The number of rotatable bonds is 5. The van der Waals surface area contributed by atoms with Crippen molar-refractivity contribution in [2.75, 3.05) is 13.1 Å². The standard InChI is InChI=1S/C21H22N2O5S/c1-2-15-5-7-18-16(12-21(25)28-19(18)11-15)13-22-14-17(6-8-20(22)24)29(26,27)23-9-3-4-10-23/h5-8,11-12,14H,2-4,9-10,13H2,1H3. The fourth-order valence-corrected chi connectivity index (χ4v) is 5.21. The molecule has 1 aromatic carbocycles. The van der Waals surface area contributed by atoms with Crippen molar-refractivity contribution >= 4 is 21.0 Å². The van der Waals surface area contributed by atoms with Gasteiger partial charge in [-0.3, -0.25) is 4.79 Å². The van der Waals surface area contributed by atoms with Crippen LogP contribution >= 0.6 is 0 Å². The van der Waals surface area contributed by atoms with Crippen molar-refractivity contribution in [3.05, 3.63) is 74.5 Å². The third kappa shape index (κ3) is 3.77. The van der Waals surface area contributed by atoms with Crippen LogP contribution in [0.3, 0.4) is 0 Å². The third-order valence-electron chi connectivity index (χ3n) is 5.30. The summed E-state index contributed by atoms with van der Waals surface area (Å²) in [5, 5.41) is 0.724. The Labute approximate surface area is 168 Å². The number of pyridine rings is 1. The highest BCUT2D eigenvalue weighted by Gasteiger charge is 2.27. The Hall–Kier alpha value is -2.71. The number of hydrogen-bond donors (Lipinski definition) is 0. The molecule has 0 N–H and O–H groups in total. The number of benzene rings is 1. The molecule has 3 heterocycles. The molecule has 1 saturated heterocycles. The van der Waals surface area contributed by atoms with Gasteiger partial charge in [0.15, 0.2) is 0 Å². The summed E-state index contributed by atoms with van der Waals surface area (Å²) in [6, 6.07) is 9.58. The zero-order valence-electron chi connectivity index (χ0n) is 16.1. The van der Waals surface area contributed by atoms with E-state index in [4.69, 9.17) is 4.42 Å². The molecule has 1 aliphatic rings. The second-order valence-electron chi connectivity index (χ2n) is 7.22. The second-order valence-corrected chi connectivity index (χ2v) is 9.15. The van der Waals surface area contributed by atoms with Crippen LogP contribution in [0.15, 0.2) is 61.5 Å². The van der Waals surface area contributed by atoms with Crippen molar-refractivity contribution in [2.45, 2.75) is 37.6 Å². The minimum absolute atomic E-state index is 0.0791. The first kappa shape index (κ1) is 19.6. The first-order valence-electron chi connectivity index (χ1n) is 9.65. The molecule has 2 aromatic heterocycles. The molecule has 0 unspecified atom stereocenters. The van der Waals surface area contributed by atoms with E-state index in [2.05, 4.69) is 0 Å². The van der Waals surface area contributed by atoms with E-state index in [1.807, 2.05) is 25.1 Å². The number of aromatic nitrogens is 1. The SMILES string of the molecule is CCc1ccc2c(Cn3cc(S(=O)(=O)N4CCCC4)ccc3=O)cc(=O)oc2c1. The lowest BCUT2D eigenvalue weighted by Gasteiger charge is -2.16. The van der Waals surface area contributed by atoms with E-state index < -0.39 is 15.6 Å². The minimum atomic E-state index is -3.64. The Morgan fingerprint density at radius 2 is 1.79 bits per heavy atom. The topological polar surface area (TPSA) is 89.6 Å². The van der Waals surface area contributed by atoms with E-state index in [1.54, 1.807) is 0 Å². The maximum absolute atomic E-state index is 12.8. The Kier molecular flexibility index (Phi) is 5.14. The van der Waals surface area contributed by atoms with Gasteiger partial charge in [0.05, 0.1) is 11.4 Å². The van der Waals surface area contributed by atoms with Crippen LogP contribution in [-0.2, 0) is 23.0 Å². The summed E-state index contributed by atoms with van der Waals surface area (Å²) in [5.74, 6) is 0. The van der Waals surface area contributed by atoms with Crippen LogP contribution in [-0.4, -0.2) is 30.4 Å². The first-order chi connectivity index (χ1) is 13.9. The monoisotopic (exact) mass is 414 g/mol. The van der Waals surface area contributed by atoms with Crippen LogP contribution < -0.4 is 11.2 Å². The lowest BCUT2D eigenvalue weighted by Crippen LogP contribution is -2.29. The van der Waals surface area contributed by atoms with Crippen molar-refractivity contribution in [2.24, 2.45) is 0 Å². The van der Waals surface area contributed by atoms with E-state index in [0.717, 1.165) is 30.2 Å². The van der Waals surface area contributed by atoms with E-state index >= 15 is 0 Å². The molecule has 1 fully saturated rings. The lowest BCUT2D eigenvalue weighted by atomic mass is 10.1. The summed E-state index contributed by atoms with van der Waals surface area (Å²) in [6.45, 7) is 3.07.